The van der Waals surface area contributed by atoms with E-state index in [1.807, 2.05) is 6.07 Å². The molecule has 1 aliphatic heterocycles. The van der Waals surface area contributed by atoms with E-state index in [1.54, 1.807) is 56.6 Å². The number of amides is 2. The number of carbonyl (C=O) groups excluding carboxylic acids is 2. The van der Waals surface area contributed by atoms with Crippen LogP contribution < -0.4 is 15.5 Å². The van der Waals surface area contributed by atoms with Crippen LogP contribution in [-0.2, 0) is 4.74 Å². The minimum Gasteiger partial charge on any atom is -0.444 e. The average Bonchev–Trinajstić information content (AvgIpc) is 3.27. The first-order valence-electron chi connectivity index (χ1n) is 12.5. The Morgan fingerprint density at radius 1 is 1.00 bits per heavy atom. The summed E-state index contributed by atoms with van der Waals surface area (Å²) in [5.41, 5.74) is 1.33. The summed E-state index contributed by atoms with van der Waals surface area (Å²) in [4.78, 5) is 29.8. The molecule has 2 amide bonds. The van der Waals surface area contributed by atoms with Gasteiger partial charge in [0.15, 0.2) is 0 Å². The number of carbonyl (C=O) groups is 2. The zero-order valence-electron chi connectivity index (χ0n) is 21.3. The number of fused-ring (bicyclic) bond motifs is 1. The van der Waals surface area contributed by atoms with Crippen molar-refractivity contribution in [1.29, 1.82) is 0 Å². The van der Waals surface area contributed by atoms with Crippen molar-refractivity contribution in [2.45, 2.75) is 39.2 Å². The Morgan fingerprint density at radius 3 is 2.50 bits per heavy atom. The van der Waals surface area contributed by atoms with Gasteiger partial charge in [0.05, 0.1) is 16.8 Å². The molecule has 0 radical (unpaired) electrons. The highest BCUT2D eigenvalue weighted by atomic mass is 32.1. The van der Waals surface area contributed by atoms with Crippen LogP contribution in [0.25, 0.3) is 10.9 Å². The van der Waals surface area contributed by atoms with Crippen LogP contribution in [0.3, 0.4) is 0 Å². The smallest absolute Gasteiger partial charge is 0.412 e. The second-order valence-electron chi connectivity index (χ2n) is 9.97. The normalized spacial score (nSPS) is 14.6. The van der Waals surface area contributed by atoms with Crippen molar-refractivity contribution in [2.75, 3.05) is 49.5 Å². The Bertz CT molecular complexity index is 1180. The van der Waals surface area contributed by atoms with Gasteiger partial charge in [-0.15, -0.1) is 0 Å². The Hall–Kier alpha value is -3.17. The van der Waals surface area contributed by atoms with E-state index >= 15 is 0 Å². The maximum absolute atomic E-state index is 12.7. The number of aromatic nitrogens is 1. The van der Waals surface area contributed by atoms with Crippen molar-refractivity contribution >= 4 is 45.1 Å². The first-order chi connectivity index (χ1) is 17.3. The second kappa shape index (κ2) is 11.7. The van der Waals surface area contributed by atoms with Crippen LogP contribution in [0, 0.1) is 0 Å². The van der Waals surface area contributed by atoms with E-state index in [2.05, 4.69) is 43.0 Å². The van der Waals surface area contributed by atoms with E-state index in [1.165, 1.54) is 10.4 Å². The molecular formula is C27H35N5O3S. The van der Waals surface area contributed by atoms with Gasteiger partial charge >= 0.3 is 6.09 Å². The summed E-state index contributed by atoms with van der Waals surface area (Å²) in [6.07, 6.45) is 1.33. The van der Waals surface area contributed by atoms with Gasteiger partial charge in [0, 0.05) is 38.1 Å². The number of piperazine rings is 1. The quantitative estimate of drug-likeness (QED) is 0.417. The SMILES string of the molecule is CC(C)(C)OC(=O)Nc1ccccc1C(=O)NCCCCN1CCN(c2snc3ccccc23)CC1. The number of nitrogens with zero attached hydrogens (tertiary/aromatic N) is 3. The lowest BCUT2D eigenvalue weighted by Gasteiger charge is -2.35. The minimum absolute atomic E-state index is 0.202. The predicted octanol–water partition coefficient (Wildman–Crippen LogP) is 4.98. The summed E-state index contributed by atoms with van der Waals surface area (Å²) in [5, 5.41) is 8.18. The van der Waals surface area contributed by atoms with E-state index in [4.69, 9.17) is 4.74 Å². The number of para-hydroxylation sites is 1. The molecule has 0 unspecified atom stereocenters. The van der Waals surface area contributed by atoms with Crippen LogP contribution in [0.4, 0.5) is 15.5 Å². The molecule has 0 bridgehead atoms. The van der Waals surface area contributed by atoms with Gasteiger partial charge in [-0.1, -0.05) is 24.3 Å². The highest BCUT2D eigenvalue weighted by Gasteiger charge is 2.21. The van der Waals surface area contributed by atoms with E-state index in [0.29, 0.717) is 17.8 Å². The highest BCUT2D eigenvalue weighted by Crippen LogP contribution is 2.31. The molecule has 2 heterocycles. The average molecular weight is 510 g/mol. The van der Waals surface area contributed by atoms with Crippen LogP contribution in [0.2, 0.25) is 0 Å². The minimum atomic E-state index is -0.608. The zero-order chi connectivity index (χ0) is 25.5. The molecule has 1 saturated heterocycles. The van der Waals surface area contributed by atoms with Crippen molar-refractivity contribution in [3.63, 3.8) is 0 Å². The van der Waals surface area contributed by atoms with Gasteiger partial charge in [-0.2, -0.15) is 4.37 Å². The fourth-order valence-electron chi connectivity index (χ4n) is 4.24. The molecule has 1 aromatic heterocycles. The van der Waals surface area contributed by atoms with Crippen molar-refractivity contribution in [3.05, 3.63) is 54.1 Å². The van der Waals surface area contributed by atoms with Gasteiger partial charge in [0.25, 0.3) is 5.91 Å². The van der Waals surface area contributed by atoms with E-state index < -0.39 is 11.7 Å². The van der Waals surface area contributed by atoms with E-state index in [9.17, 15) is 9.59 Å². The molecule has 1 aliphatic rings. The zero-order valence-corrected chi connectivity index (χ0v) is 22.1. The molecule has 8 nitrogen and oxygen atoms in total. The molecule has 2 aromatic carbocycles. The highest BCUT2D eigenvalue weighted by molar-refractivity contribution is 7.11. The molecular weight excluding hydrogens is 474 g/mol. The molecule has 2 N–H and O–H groups in total. The summed E-state index contributed by atoms with van der Waals surface area (Å²) in [7, 11) is 0. The summed E-state index contributed by atoms with van der Waals surface area (Å²) >= 11 is 1.59. The van der Waals surface area contributed by atoms with E-state index in [-0.39, 0.29) is 5.91 Å². The molecule has 36 heavy (non-hydrogen) atoms. The molecule has 3 aromatic rings. The standard InChI is InChI=1S/C27H35N5O3S/c1-27(2,3)35-26(34)29-22-12-6-4-10-20(22)24(33)28-14-8-9-15-31-16-18-32(19-17-31)25-21-11-5-7-13-23(21)30-36-25/h4-7,10-13H,8-9,14-19H2,1-3H3,(H,28,33)(H,29,34). The molecule has 4 rings (SSSR count). The lowest BCUT2D eigenvalue weighted by atomic mass is 10.1. The monoisotopic (exact) mass is 509 g/mol. The Morgan fingerprint density at radius 2 is 1.72 bits per heavy atom. The first kappa shape index (κ1) is 25.9. The number of hydrogen-bond donors (Lipinski definition) is 2. The van der Waals surface area contributed by atoms with E-state index in [0.717, 1.165) is 51.1 Å². The van der Waals surface area contributed by atoms with Crippen LogP contribution >= 0.6 is 11.5 Å². The molecule has 0 spiro atoms. The van der Waals surface area contributed by atoms with Crippen LogP contribution in [0.1, 0.15) is 44.0 Å². The molecule has 192 valence electrons. The van der Waals surface area contributed by atoms with Gasteiger partial charge in [-0.05, 0) is 76.0 Å². The van der Waals surface area contributed by atoms with Crippen molar-refractivity contribution in [1.82, 2.24) is 14.6 Å². The Balaban J connectivity index is 1.17. The largest absolute Gasteiger partial charge is 0.444 e. The summed E-state index contributed by atoms with van der Waals surface area (Å²) in [6, 6.07) is 15.3. The van der Waals surface area contributed by atoms with Gasteiger partial charge in [-0.25, -0.2) is 4.79 Å². The number of benzene rings is 2. The summed E-state index contributed by atoms with van der Waals surface area (Å²) in [5.74, 6) is -0.202. The summed E-state index contributed by atoms with van der Waals surface area (Å²) < 4.78 is 9.88. The van der Waals surface area contributed by atoms with Gasteiger partial charge < -0.3 is 15.0 Å². The molecule has 9 heteroatoms. The third-order valence-corrected chi connectivity index (χ3v) is 6.96. The third kappa shape index (κ3) is 6.95. The van der Waals surface area contributed by atoms with Gasteiger partial charge in [0.1, 0.15) is 10.6 Å². The lowest BCUT2D eigenvalue weighted by molar-refractivity contribution is 0.0636. The fourth-order valence-corrected chi connectivity index (χ4v) is 5.15. The molecule has 0 atom stereocenters. The van der Waals surface area contributed by atoms with Crippen molar-refractivity contribution < 1.29 is 14.3 Å². The number of nitrogens with one attached hydrogen (secondary N) is 2. The van der Waals surface area contributed by atoms with Gasteiger partial charge in [0.2, 0.25) is 0 Å². The summed E-state index contributed by atoms with van der Waals surface area (Å²) in [6.45, 7) is 11.1. The van der Waals surface area contributed by atoms with Crippen LogP contribution in [-0.4, -0.2) is 66.1 Å². The van der Waals surface area contributed by atoms with Crippen LogP contribution in [0.5, 0.6) is 0 Å². The van der Waals surface area contributed by atoms with Crippen molar-refractivity contribution in [3.8, 4) is 0 Å². The number of unbranched alkanes of at least 4 members (excludes halogenated alkanes) is 1. The number of hydrogen-bond acceptors (Lipinski definition) is 7. The molecule has 0 saturated carbocycles. The third-order valence-electron chi connectivity index (χ3n) is 6.02. The predicted molar refractivity (Wildman–Crippen MR) is 146 cm³/mol. The molecule has 0 aliphatic carbocycles. The van der Waals surface area contributed by atoms with Gasteiger partial charge in [-0.3, -0.25) is 15.0 Å². The molecule has 1 fully saturated rings. The topological polar surface area (TPSA) is 86.8 Å². The van der Waals surface area contributed by atoms with Crippen molar-refractivity contribution in [2.24, 2.45) is 0 Å². The first-order valence-corrected chi connectivity index (χ1v) is 13.3. The fraction of sp³-hybridized carbons (Fsp3) is 0.444. The number of rotatable bonds is 8. The Kier molecular flexibility index (Phi) is 8.43. The number of anilines is 2. The lowest BCUT2D eigenvalue weighted by Crippen LogP contribution is -2.46. The maximum atomic E-state index is 12.7. The Labute approximate surface area is 216 Å². The second-order valence-corrected chi connectivity index (χ2v) is 10.7. The van der Waals surface area contributed by atoms with Crippen LogP contribution in [0.15, 0.2) is 48.5 Å². The maximum Gasteiger partial charge on any atom is 0.412 e. The number of ether oxygens (including phenoxy) is 1.